The van der Waals surface area contributed by atoms with Crippen molar-refractivity contribution in [3.05, 3.63) is 0 Å². The number of ether oxygens (including phenoxy) is 2. The minimum absolute atomic E-state index is 0.0294. The van der Waals surface area contributed by atoms with Gasteiger partial charge in [0.05, 0.1) is 13.2 Å². The van der Waals surface area contributed by atoms with Crippen LogP contribution in [0.15, 0.2) is 0 Å². The number of halogens is 3. The van der Waals surface area contributed by atoms with Crippen LogP contribution in [0.4, 0.5) is 11.7 Å². The Morgan fingerprint density at radius 2 is 1.29 bits per heavy atom. The minimum atomic E-state index is -6.40. The molecular weight excluding hydrogens is 221 g/mol. The van der Waals surface area contributed by atoms with Gasteiger partial charge in [0, 0.05) is 27.3 Å². The third kappa shape index (κ3) is 7.39. The molecule has 0 aliphatic carbocycles. The molecule has 0 atom stereocenters. The van der Waals surface area contributed by atoms with E-state index in [4.69, 9.17) is 0 Å². The van der Waals surface area contributed by atoms with E-state index in [0.29, 0.717) is 0 Å². The molecule has 0 aromatic rings. The summed E-state index contributed by atoms with van der Waals surface area (Å²) >= 11 is 0. The Morgan fingerprint density at radius 1 is 0.929 bits per heavy atom. The summed E-state index contributed by atoms with van der Waals surface area (Å²) in [6, 6.07) is 0. The van der Waals surface area contributed by atoms with E-state index in [-0.39, 0.29) is 26.3 Å². The monoisotopic (exact) mass is 238 g/mol. The molecule has 8 heteroatoms. The summed E-state index contributed by atoms with van der Waals surface area (Å²) < 4.78 is 50.8. The number of thiol groups is 1. The molecule has 0 saturated carbocycles. The van der Waals surface area contributed by atoms with Gasteiger partial charge < -0.3 is 9.47 Å². The van der Waals surface area contributed by atoms with Gasteiger partial charge in [0.25, 0.3) is 0 Å². The third-order valence-corrected chi connectivity index (χ3v) is 2.83. The molecule has 0 radical (unpaired) electrons. The van der Waals surface area contributed by atoms with Crippen molar-refractivity contribution in [3.8, 4) is 0 Å². The summed E-state index contributed by atoms with van der Waals surface area (Å²) in [4.78, 5) is 0. The highest BCUT2D eigenvalue weighted by Crippen LogP contribution is 2.66. The van der Waals surface area contributed by atoms with Crippen LogP contribution in [0.2, 0.25) is 0 Å². The molecule has 0 aromatic heterocycles. The van der Waals surface area contributed by atoms with Gasteiger partial charge in [-0.25, -0.2) is 9.44 Å². The zero-order valence-electron chi connectivity index (χ0n) is 8.23. The number of hydrogen-bond donors (Lipinski definition) is 3. The Labute approximate surface area is 82.6 Å². The first-order chi connectivity index (χ1) is 6.39. The lowest BCUT2D eigenvalue weighted by atomic mass is 10.7. The lowest BCUT2D eigenvalue weighted by Crippen LogP contribution is -2.37. The molecule has 0 spiro atoms. The van der Waals surface area contributed by atoms with E-state index in [1.807, 2.05) is 0 Å². The molecule has 0 amide bonds. The van der Waals surface area contributed by atoms with Gasteiger partial charge in [-0.05, 0) is 0 Å². The molecule has 0 heterocycles. The van der Waals surface area contributed by atoms with Crippen molar-refractivity contribution in [2.24, 2.45) is 0 Å². The van der Waals surface area contributed by atoms with Crippen LogP contribution in [0.3, 0.4) is 0 Å². The van der Waals surface area contributed by atoms with Gasteiger partial charge in [0.1, 0.15) is 10.7 Å². The first-order valence-corrected chi connectivity index (χ1v) is 5.96. The van der Waals surface area contributed by atoms with Gasteiger partial charge in [-0.15, -0.1) is 11.7 Å². The van der Waals surface area contributed by atoms with Gasteiger partial charge in [-0.1, -0.05) is 0 Å². The van der Waals surface area contributed by atoms with E-state index in [9.17, 15) is 11.7 Å². The highest BCUT2D eigenvalue weighted by Gasteiger charge is 2.35. The Balaban J connectivity index is 3.82. The van der Waals surface area contributed by atoms with Crippen LogP contribution in [0, 0.1) is 0 Å². The molecule has 0 aromatic carbocycles. The predicted octanol–water partition coefficient (Wildman–Crippen LogP) is 1.01. The number of hydrogen-bond acceptors (Lipinski definition) is 4. The Morgan fingerprint density at radius 3 is 1.57 bits per heavy atom. The smallest absolute Gasteiger partial charge is 0.129 e. The summed E-state index contributed by atoms with van der Waals surface area (Å²) in [5.74, 6) is 0. The molecule has 0 rings (SSSR count). The summed E-state index contributed by atoms with van der Waals surface area (Å²) in [5.41, 5.74) is 0. The van der Waals surface area contributed by atoms with Crippen LogP contribution < -0.4 is 9.44 Å². The molecule has 0 aliphatic rings. The van der Waals surface area contributed by atoms with Gasteiger partial charge in [-0.3, -0.25) is 0 Å². The highest BCUT2D eigenvalue weighted by molar-refractivity contribution is 8.34. The van der Waals surface area contributed by atoms with E-state index < -0.39 is 10.7 Å². The summed E-state index contributed by atoms with van der Waals surface area (Å²) in [7, 11) is -3.70. The van der Waals surface area contributed by atoms with E-state index in [2.05, 4.69) is 9.47 Å². The fourth-order valence-electron chi connectivity index (χ4n) is 0.717. The third-order valence-electron chi connectivity index (χ3n) is 1.35. The van der Waals surface area contributed by atoms with Crippen molar-refractivity contribution < 1.29 is 21.1 Å². The first-order valence-electron chi connectivity index (χ1n) is 4.06. The molecule has 0 saturated heterocycles. The van der Waals surface area contributed by atoms with E-state index in [1.165, 1.54) is 23.7 Å². The normalized spacial score (nSPS) is 15.1. The molecule has 4 nitrogen and oxygen atoms in total. The number of nitrogens with one attached hydrogen (secondary N) is 2. The van der Waals surface area contributed by atoms with E-state index >= 15 is 0 Å². The molecule has 0 aliphatic heterocycles. The minimum Gasteiger partial charge on any atom is -0.383 e. The topological polar surface area (TPSA) is 42.5 Å². The van der Waals surface area contributed by atoms with E-state index in [0.717, 1.165) is 0 Å². The maximum Gasteiger partial charge on any atom is 0.129 e. The van der Waals surface area contributed by atoms with Crippen LogP contribution in [0.25, 0.3) is 0 Å². The molecular formula is C6H17F3N2O2S. The number of methoxy groups -OCH3 is 2. The Hall–Kier alpha value is -0.0200. The molecule has 14 heavy (non-hydrogen) atoms. The molecule has 0 fully saturated rings. The zero-order valence-corrected chi connectivity index (χ0v) is 9.12. The fourth-order valence-corrected chi connectivity index (χ4v) is 1.74. The van der Waals surface area contributed by atoms with Crippen molar-refractivity contribution in [1.82, 2.24) is 9.44 Å². The van der Waals surface area contributed by atoms with Crippen molar-refractivity contribution in [2.75, 3.05) is 40.5 Å². The van der Waals surface area contributed by atoms with Crippen molar-refractivity contribution in [3.63, 3.8) is 0 Å². The molecule has 90 valence electrons. The molecule has 2 N–H and O–H groups in total. The van der Waals surface area contributed by atoms with Gasteiger partial charge >= 0.3 is 0 Å². The lowest BCUT2D eigenvalue weighted by molar-refractivity contribution is 0.199. The van der Waals surface area contributed by atoms with Crippen molar-refractivity contribution in [2.45, 2.75) is 0 Å². The van der Waals surface area contributed by atoms with Crippen LogP contribution in [0.1, 0.15) is 0 Å². The predicted molar refractivity (Wildman–Crippen MR) is 52.1 cm³/mol. The number of rotatable bonds is 8. The average molecular weight is 238 g/mol. The SMILES string of the molecule is COCCN[SH](F)(F)(F)NCCOC. The second-order valence-electron chi connectivity index (χ2n) is 2.61. The van der Waals surface area contributed by atoms with Crippen LogP contribution in [-0.2, 0) is 9.47 Å². The standard InChI is InChI=1S/C6H17F3N2O2S/c1-12-5-3-10-14(7,8,9)11-4-6-13-2/h10-11,14H,3-6H2,1-2H3. The van der Waals surface area contributed by atoms with Crippen LogP contribution in [0.5, 0.6) is 0 Å². The van der Waals surface area contributed by atoms with E-state index in [1.54, 1.807) is 0 Å². The Kier molecular flexibility index (Phi) is 5.75. The van der Waals surface area contributed by atoms with Gasteiger partial charge in [0.15, 0.2) is 0 Å². The summed E-state index contributed by atoms with van der Waals surface area (Å²) in [5, 5.41) is 0. The summed E-state index contributed by atoms with van der Waals surface area (Å²) in [6.45, 7) is -0.418. The lowest BCUT2D eigenvalue weighted by Gasteiger charge is -2.40. The quantitative estimate of drug-likeness (QED) is 0.436. The Bertz CT molecular complexity index is 151. The average Bonchev–Trinajstić information content (AvgIpc) is 2.04. The van der Waals surface area contributed by atoms with Crippen molar-refractivity contribution >= 4 is 10.7 Å². The van der Waals surface area contributed by atoms with Crippen molar-refractivity contribution in [1.29, 1.82) is 0 Å². The maximum absolute atomic E-state index is 12.9. The van der Waals surface area contributed by atoms with Gasteiger partial charge in [-0.2, -0.15) is 0 Å². The second-order valence-corrected chi connectivity index (χ2v) is 4.87. The highest BCUT2D eigenvalue weighted by atomic mass is 32.4. The maximum atomic E-state index is 12.9. The van der Waals surface area contributed by atoms with Gasteiger partial charge in [0.2, 0.25) is 0 Å². The molecule has 0 unspecified atom stereocenters. The first kappa shape index (κ1) is 14.0. The van der Waals surface area contributed by atoms with Crippen LogP contribution >= 0.6 is 10.7 Å². The fraction of sp³-hybridized carbons (Fsp3) is 1.00. The van der Waals surface area contributed by atoms with Crippen LogP contribution in [-0.4, -0.2) is 40.5 Å². The molecule has 0 bridgehead atoms. The largest absolute Gasteiger partial charge is 0.383 e. The summed E-state index contributed by atoms with van der Waals surface area (Å²) in [6.07, 6.45) is 0. The zero-order chi connectivity index (χ0) is 11.1. The second kappa shape index (κ2) is 5.76.